The molecule has 1 aliphatic heterocycles. The summed E-state index contributed by atoms with van der Waals surface area (Å²) in [4.78, 5) is 19.3. The smallest absolute Gasteiger partial charge is 0.285 e. The van der Waals surface area contributed by atoms with Crippen molar-refractivity contribution in [1.82, 2.24) is 30.0 Å². The number of hydrogen-bond donors (Lipinski definition) is 3. The summed E-state index contributed by atoms with van der Waals surface area (Å²) in [6.07, 6.45) is 3.70. The monoisotopic (exact) mass is 383 g/mol. The molecule has 1 saturated heterocycles. The maximum Gasteiger partial charge on any atom is 0.285 e. The molecule has 1 atom stereocenters. The Balaban J connectivity index is 0.00000113. The molecule has 4 N–H and O–H groups in total. The number of piperidine rings is 1. The third-order valence-corrected chi connectivity index (χ3v) is 4.29. The number of hydrogen-bond acceptors (Lipinski definition) is 5. The van der Waals surface area contributed by atoms with Crippen LogP contribution in [0.15, 0.2) is 24.5 Å². The van der Waals surface area contributed by atoms with Gasteiger partial charge in [-0.2, -0.15) is 0 Å². The van der Waals surface area contributed by atoms with Crippen molar-refractivity contribution in [3.8, 4) is 5.95 Å². The van der Waals surface area contributed by atoms with Crippen LogP contribution in [0.3, 0.4) is 0 Å². The van der Waals surface area contributed by atoms with Crippen molar-refractivity contribution < 1.29 is 4.79 Å². The summed E-state index contributed by atoms with van der Waals surface area (Å²) in [5.74, 6) is 0.379. The molecule has 3 aromatic rings. The number of primary amides is 1. The Labute approximate surface area is 156 Å². The number of benzene rings is 1. The Hall–Kier alpha value is -2.16. The Bertz CT molecular complexity index is 856. The van der Waals surface area contributed by atoms with E-state index in [4.69, 9.17) is 5.73 Å². The van der Waals surface area contributed by atoms with E-state index in [0.717, 1.165) is 42.5 Å². The zero-order valence-corrected chi connectivity index (χ0v) is 14.9. The SMILES string of the molecule is Cl.Cl.NC(=O)c1nc2c(C3CCCNC3)cccc2n1-c1nnc[nH]1. The predicted octanol–water partition coefficient (Wildman–Crippen LogP) is 1.55. The van der Waals surface area contributed by atoms with Crippen molar-refractivity contribution in [2.24, 2.45) is 5.73 Å². The van der Waals surface area contributed by atoms with Gasteiger partial charge < -0.3 is 16.0 Å². The lowest BCUT2D eigenvalue weighted by molar-refractivity contribution is 0.0989. The molecule has 4 rings (SSSR count). The van der Waals surface area contributed by atoms with Gasteiger partial charge in [0.05, 0.1) is 11.0 Å². The average molecular weight is 384 g/mol. The van der Waals surface area contributed by atoms with Crippen LogP contribution < -0.4 is 11.1 Å². The number of H-pyrrole nitrogens is 1. The molecule has 0 radical (unpaired) electrons. The summed E-state index contributed by atoms with van der Waals surface area (Å²) in [6.45, 7) is 1.96. The number of nitrogens with one attached hydrogen (secondary N) is 2. The van der Waals surface area contributed by atoms with Crippen LogP contribution in [-0.4, -0.2) is 43.7 Å². The molecule has 1 amide bonds. The number of amides is 1. The highest BCUT2D eigenvalue weighted by Crippen LogP contribution is 2.30. The van der Waals surface area contributed by atoms with E-state index in [1.54, 1.807) is 4.57 Å². The number of fused-ring (bicyclic) bond motifs is 1. The van der Waals surface area contributed by atoms with Gasteiger partial charge in [-0.1, -0.05) is 12.1 Å². The highest BCUT2D eigenvalue weighted by atomic mass is 35.5. The molecular weight excluding hydrogens is 365 g/mol. The first-order valence-electron chi connectivity index (χ1n) is 7.64. The molecule has 0 bridgehead atoms. The molecule has 2 aromatic heterocycles. The third kappa shape index (κ3) is 3.33. The number of rotatable bonds is 3. The normalized spacial score (nSPS) is 16.9. The van der Waals surface area contributed by atoms with Gasteiger partial charge >= 0.3 is 0 Å². The molecule has 134 valence electrons. The van der Waals surface area contributed by atoms with E-state index < -0.39 is 5.91 Å². The molecule has 0 spiro atoms. The number of aromatic nitrogens is 5. The first-order valence-corrected chi connectivity index (χ1v) is 7.64. The van der Waals surface area contributed by atoms with Gasteiger partial charge in [0.2, 0.25) is 11.8 Å². The van der Waals surface area contributed by atoms with Gasteiger partial charge in [-0.25, -0.2) is 4.98 Å². The first kappa shape index (κ1) is 19.2. The lowest BCUT2D eigenvalue weighted by Gasteiger charge is -2.23. The number of aromatic amines is 1. The van der Waals surface area contributed by atoms with Gasteiger partial charge in [0.15, 0.2) is 0 Å². The molecule has 1 aromatic carbocycles. The molecule has 0 saturated carbocycles. The van der Waals surface area contributed by atoms with Crippen LogP contribution in [0.5, 0.6) is 0 Å². The Kier molecular flexibility index (Phi) is 5.99. The van der Waals surface area contributed by atoms with E-state index in [2.05, 4.69) is 31.5 Å². The van der Waals surface area contributed by atoms with Crippen LogP contribution in [0.1, 0.15) is 34.9 Å². The second-order valence-corrected chi connectivity index (χ2v) is 5.71. The molecule has 25 heavy (non-hydrogen) atoms. The van der Waals surface area contributed by atoms with Crippen molar-refractivity contribution >= 4 is 41.8 Å². The number of nitrogens with two attached hydrogens (primary N) is 1. The molecule has 3 heterocycles. The molecule has 1 aliphatic rings. The summed E-state index contributed by atoms with van der Waals surface area (Å²) < 4.78 is 1.63. The van der Waals surface area contributed by atoms with Crippen LogP contribution in [-0.2, 0) is 0 Å². The van der Waals surface area contributed by atoms with Gasteiger partial charge in [-0.05, 0) is 36.9 Å². The zero-order chi connectivity index (χ0) is 15.8. The Morgan fingerprint density at radius 1 is 1.32 bits per heavy atom. The fourth-order valence-corrected chi connectivity index (χ4v) is 3.26. The van der Waals surface area contributed by atoms with Gasteiger partial charge in [-0.15, -0.1) is 35.0 Å². The van der Waals surface area contributed by atoms with Crippen LogP contribution in [0.4, 0.5) is 0 Å². The summed E-state index contributed by atoms with van der Waals surface area (Å²) in [5.41, 5.74) is 8.25. The number of nitrogens with zero attached hydrogens (tertiary/aromatic N) is 4. The Morgan fingerprint density at radius 3 is 2.80 bits per heavy atom. The van der Waals surface area contributed by atoms with Crippen molar-refractivity contribution in [2.45, 2.75) is 18.8 Å². The summed E-state index contributed by atoms with van der Waals surface area (Å²) in [5, 5.41) is 11.2. The predicted molar refractivity (Wildman–Crippen MR) is 98.9 cm³/mol. The minimum Gasteiger partial charge on any atom is -0.363 e. The zero-order valence-electron chi connectivity index (χ0n) is 13.3. The van der Waals surface area contributed by atoms with E-state index >= 15 is 0 Å². The van der Waals surface area contributed by atoms with E-state index in [1.165, 1.54) is 6.33 Å². The molecule has 10 heteroatoms. The van der Waals surface area contributed by atoms with Gasteiger partial charge in [0.1, 0.15) is 6.33 Å². The van der Waals surface area contributed by atoms with E-state index in [1.807, 2.05) is 12.1 Å². The van der Waals surface area contributed by atoms with Gasteiger partial charge in [0.25, 0.3) is 5.91 Å². The molecular formula is C15H19Cl2N7O. The van der Waals surface area contributed by atoms with Crippen LogP contribution >= 0.6 is 24.8 Å². The first-order chi connectivity index (χ1) is 11.3. The minimum atomic E-state index is -0.592. The van der Waals surface area contributed by atoms with E-state index in [0.29, 0.717) is 11.9 Å². The number of imidazole rings is 1. The highest BCUT2D eigenvalue weighted by molar-refractivity contribution is 5.95. The molecule has 8 nitrogen and oxygen atoms in total. The van der Waals surface area contributed by atoms with E-state index in [-0.39, 0.29) is 30.6 Å². The standard InChI is InChI=1S/C15H17N7O.2ClH/c16-13(23)14-20-12-10(9-3-2-6-17-7-9)4-1-5-11(12)22(14)15-18-8-19-21-15;;/h1,4-5,8-9,17H,2-3,6-7H2,(H2,16,23)(H,18,19,21);2*1H. The fourth-order valence-electron chi connectivity index (χ4n) is 3.26. The fraction of sp³-hybridized carbons (Fsp3) is 0.333. The number of carbonyl (C=O) groups excluding carboxylic acids is 1. The van der Waals surface area contributed by atoms with Crippen molar-refractivity contribution in [1.29, 1.82) is 0 Å². The number of carbonyl (C=O) groups is 1. The van der Waals surface area contributed by atoms with Gasteiger partial charge in [0, 0.05) is 6.54 Å². The quantitative estimate of drug-likeness (QED) is 0.634. The Morgan fingerprint density at radius 2 is 2.16 bits per heavy atom. The van der Waals surface area contributed by atoms with Crippen molar-refractivity contribution in [2.75, 3.05) is 13.1 Å². The molecule has 1 unspecified atom stereocenters. The average Bonchev–Trinajstić information content (AvgIpc) is 3.22. The second kappa shape index (κ2) is 7.81. The van der Waals surface area contributed by atoms with E-state index in [9.17, 15) is 4.79 Å². The molecule has 1 fully saturated rings. The van der Waals surface area contributed by atoms with Crippen molar-refractivity contribution in [3.05, 3.63) is 35.9 Å². The van der Waals surface area contributed by atoms with Crippen LogP contribution in [0, 0.1) is 0 Å². The van der Waals surface area contributed by atoms with Gasteiger partial charge in [-0.3, -0.25) is 9.36 Å². The number of para-hydroxylation sites is 1. The lowest BCUT2D eigenvalue weighted by Crippen LogP contribution is -2.28. The lowest BCUT2D eigenvalue weighted by atomic mass is 9.91. The third-order valence-electron chi connectivity index (χ3n) is 4.29. The largest absolute Gasteiger partial charge is 0.363 e. The maximum absolute atomic E-state index is 11.8. The van der Waals surface area contributed by atoms with Crippen molar-refractivity contribution in [3.63, 3.8) is 0 Å². The number of halogens is 2. The summed E-state index contributed by atoms with van der Waals surface area (Å²) in [6, 6.07) is 5.96. The molecule has 0 aliphatic carbocycles. The maximum atomic E-state index is 11.8. The second-order valence-electron chi connectivity index (χ2n) is 5.71. The van der Waals surface area contributed by atoms with Crippen LogP contribution in [0.25, 0.3) is 17.0 Å². The summed E-state index contributed by atoms with van der Waals surface area (Å²) >= 11 is 0. The summed E-state index contributed by atoms with van der Waals surface area (Å²) in [7, 11) is 0. The highest BCUT2D eigenvalue weighted by Gasteiger charge is 2.24. The topological polar surface area (TPSA) is 115 Å². The van der Waals surface area contributed by atoms with Crippen LogP contribution in [0.2, 0.25) is 0 Å². The minimum absolute atomic E-state index is 0.